The average molecular weight is 449 g/mol. The number of halogens is 3. The SMILES string of the molecule is O=C(O)C(F)(F)F.c1ccc(CN2CCCn3cnc(CNc4ncccn4)c3C2)nc1. The molecule has 0 aromatic carbocycles. The normalized spacial score (nSPS) is 14.0. The molecule has 32 heavy (non-hydrogen) atoms. The lowest BCUT2D eigenvalue weighted by Crippen LogP contribution is -2.24. The van der Waals surface area contributed by atoms with E-state index in [1.165, 1.54) is 5.69 Å². The number of alkyl halides is 3. The van der Waals surface area contributed by atoms with Gasteiger partial charge in [0.25, 0.3) is 0 Å². The third-order valence-corrected chi connectivity index (χ3v) is 4.61. The molecule has 0 bridgehead atoms. The maximum atomic E-state index is 10.6. The number of pyridine rings is 1. The quantitative estimate of drug-likeness (QED) is 0.612. The van der Waals surface area contributed by atoms with Crippen LogP contribution < -0.4 is 5.32 Å². The fourth-order valence-electron chi connectivity index (χ4n) is 3.14. The van der Waals surface area contributed by atoms with E-state index in [-0.39, 0.29) is 0 Å². The molecule has 9 nitrogen and oxygen atoms in total. The summed E-state index contributed by atoms with van der Waals surface area (Å²) >= 11 is 0. The van der Waals surface area contributed by atoms with Crippen LogP contribution >= 0.6 is 0 Å². The Morgan fingerprint density at radius 1 is 1.06 bits per heavy atom. The molecule has 0 atom stereocenters. The van der Waals surface area contributed by atoms with Crippen molar-refractivity contribution < 1.29 is 23.1 Å². The van der Waals surface area contributed by atoms with Gasteiger partial charge in [-0.2, -0.15) is 13.2 Å². The number of aromatic nitrogens is 5. The topological polar surface area (TPSA) is 109 Å². The third-order valence-electron chi connectivity index (χ3n) is 4.61. The minimum Gasteiger partial charge on any atom is -0.475 e. The Bertz CT molecular complexity index is 997. The number of carboxylic acid groups (broad SMARTS) is 1. The van der Waals surface area contributed by atoms with Gasteiger partial charge in [-0.1, -0.05) is 6.07 Å². The fraction of sp³-hybridized carbons (Fsp3) is 0.350. The number of rotatable bonds is 5. The smallest absolute Gasteiger partial charge is 0.475 e. The Balaban J connectivity index is 0.000000360. The van der Waals surface area contributed by atoms with Crippen LogP contribution in [0.25, 0.3) is 0 Å². The van der Waals surface area contributed by atoms with Crippen molar-refractivity contribution in [3.63, 3.8) is 0 Å². The summed E-state index contributed by atoms with van der Waals surface area (Å²) in [6.45, 7) is 4.43. The van der Waals surface area contributed by atoms with Gasteiger partial charge >= 0.3 is 12.1 Å². The molecule has 12 heteroatoms. The zero-order chi connectivity index (χ0) is 23.0. The number of fused-ring (bicyclic) bond motifs is 1. The molecule has 3 aromatic heterocycles. The van der Waals surface area contributed by atoms with Gasteiger partial charge in [-0.3, -0.25) is 9.88 Å². The third kappa shape index (κ3) is 6.74. The molecular weight excluding hydrogens is 427 g/mol. The summed E-state index contributed by atoms with van der Waals surface area (Å²) in [5.41, 5.74) is 3.42. The molecule has 0 spiro atoms. The Hall–Kier alpha value is -3.54. The lowest BCUT2D eigenvalue weighted by molar-refractivity contribution is -0.192. The molecule has 0 amide bonds. The molecular formula is C20H22F3N7O2. The maximum absolute atomic E-state index is 10.6. The van der Waals surface area contributed by atoms with E-state index in [9.17, 15) is 13.2 Å². The average Bonchev–Trinajstić information content (AvgIpc) is 3.03. The summed E-state index contributed by atoms with van der Waals surface area (Å²) < 4.78 is 34.0. The molecule has 4 rings (SSSR count). The first kappa shape index (κ1) is 23.1. The number of nitrogens with one attached hydrogen (secondary N) is 1. The summed E-state index contributed by atoms with van der Waals surface area (Å²) in [4.78, 5) is 28.8. The zero-order valence-corrected chi connectivity index (χ0v) is 17.0. The van der Waals surface area contributed by atoms with Gasteiger partial charge in [-0.15, -0.1) is 0 Å². The molecule has 4 heterocycles. The summed E-state index contributed by atoms with van der Waals surface area (Å²) in [5, 5.41) is 10.4. The van der Waals surface area contributed by atoms with Gasteiger partial charge in [0.2, 0.25) is 5.95 Å². The predicted molar refractivity (Wildman–Crippen MR) is 108 cm³/mol. The Kier molecular flexibility index (Phi) is 7.71. The first-order chi connectivity index (χ1) is 15.3. The van der Waals surface area contributed by atoms with Crippen LogP contribution in [0, 0.1) is 0 Å². The fourth-order valence-corrected chi connectivity index (χ4v) is 3.14. The lowest BCUT2D eigenvalue weighted by atomic mass is 10.2. The Morgan fingerprint density at radius 2 is 1.78 bits per heavy atom. The number of hydrogen-bond acceptors (Lipinski definition) is 7. The molecule has 0 fully saturated rings. The molecule has 0 radical (unpaired) electrons. The Morgan fingerprint density at radius 3 is 2.44 bits per heavy atom. The second-order valence-electron chi connectivity index (χ2n) is 6.95. The number of imidazole rings is 1. The maximum Gasteiger partial charge on any atom is 0.490 e. The summed E-state index contributed by atoms with van der Waals surface area (Å²) in [6.07, 6.45) is 3.30. The highest BCUT2D eigenvalue weighted by Gasteiger charge is 2.38. The van der Waals surface area contributed by atoms with Crippen molar-refractivity contribution in [2.45, 2.75) is 38.8 Å². The van der Waals surface area contributed by atoms with Gasteiger partial charge in [-0.05, 0) is 24.6 Å². The Labute approximate surface area is 182 Å². The number of aliphatic carboxylic acids is 1. The van der Waals surface area contributed by atoms with Gasteiger partial charge in [0.1, 0.15) is 0 Å². The van der Waals surface area contributed by atoms with Crippen molar-refractivity contribution in [1.29, 1.82) is 0 Å². The molecule has 170 valence electrons. The zero-order valence-electron chi connectivity index (χ0n) is 17.0. The number of carboxylic acids is 1. The molecule has 2 N–H and O–H groups in total. The largest absolute Gasteiger partial charge is 0.490 e. The molecule has 0 unspecified atom stereocenters. The molecule has 1 aliphatic heterocycles. The van der Waals surface area contributed by atoms with Crippen LogP contribution in [0.1, 0.15) is 23.5 Å². The first-order valence-electron chi connectivity index (χ1n) is 9.79. The number of anilines is 1. The van der Waals surface area contributed by atoms with E-state index < -0.39 is 12.1 Å². The highest BCUT2D eigenvalue weighted by atomic mass is 19.4. The number of nitrogens with zero attached hydrogens (tertiary/aromatic N) is 6. The van der Waals surface area contributed by atoms with E-state index in [2.05, 4.69) is 40.8 Å². The second kappa shape index (κ2) is 10.7. The highest BCUT2D eigenvalue weighted by Crippen LogP contribution is 2.18. The first-order valence-corrected chi connectivity index (χ1v) is 9.79. The van der Waals surface area contributed by atoms with Crippen LogP contribution in [0.3, 0.4) is 0 Å². The van der Waals surface area contributed by atoms with Crippen molar-refractivity contribution in [2.24, 2.45) is 0 Å². The molecule has 3 aromatic rings. The van der Waals surface area contributed by atoms with Crippen LogP contribution in [-0.4, -0.2) is 53.2 Å². The van der Waals surface area contributed by atoms with Crippen LogP contribution in [0.5, 0.6) is 0 Å². The van der Waals surface area contributed by atoms with E-state index in [1.54, 1.807) is 12.4 Å². The van der Waals surface area contributed by atoms with Crippen LogP contribution in [0.2, 0.25) is 0 Å². The lowest BCUT2D eigenvalue weighted by Gasteiger charge is -2.19. The predicted octanol–water partition coefficient (Wildman–Crippen LogP) is 2.72. The van der Waals surface area contributed by atoms with Crippen molar-refractivity contribution in [3.8, 4) is 0 Å². The van der Waals surface area contributed by atoms with Gasteiger partial charge in [0, 0.05) is 44.8 Å². The van der Waals surface area contributed by atoms with Gasteiger partial charge < -0.3 is 15.0 Å². The van der Waals surface area contributed by atoms with E-state index in [0.717, 1.165) is 44.0 Å². The van der Waals surface area contributed by atoms with Gasteiger partial charge in [-0.25, -0.2) is 19.7 Å². The van der Waals surface area contributed by atoms with E-state index >= 15 is 0 Å². The van der Waals surface area contributed by atoms with E-state index in [0.29, 0.717) is 12.5 Å². The van der Waals surface area contributed by atoms with E-state index in [1.807, 2.05) is 30.7 Å². The minimum atomic E-state index is -5.08. The minimum absolute atomic E-state index is 0.628. The standard InChI is InChI=1S/C18H21N7.C2HF3O2/c1-2-6-19-15(5-1)12-24-9-4-10-25-14-23-16(17(25)13-24)11-22-18-20-7-3-8-21-18;3-2(4,5)1(6)7/h1-3,5-8,14H,4,9-13H2,(H,20,21,22);(H,6,7). The number of hydrogen-bond donors (Lipinski definition) is 2. The highest BCUT2D eigenvalue weighted by molar-refractivity contribution is 5.73. The van der Waals surface area contributed by atoms with Crippen molar-refractivity contribution >= 4 is 11.9 Å². The van der Waals surface area contributed by atoms with Gasteiger partial charge in [0.05, 0.1) is 30.0 Å². The number of carbonyl (C=O) groups is 1. The summed E-state index contributed by atoms with van der Waals surface area (Å²) in [7, 11) is 0. The van der Waals surface area contributed by atoms with Gasteiger partial charge in [0.15, 0.2) is 0 Å². The summed E-state index contributed by atoms with van der Waals surface area (Å²) in [5.74, 6) is -2.13. The van der Waals surface area contributed by atoms with Crippen molar-refractivity contribution in [3.05, 3.63) is 66.3 Å². The molecule has 0 saturated carbocycles. The molecule has 0 saturated heterocycles. The van der Waals surface area contributed by atoms with E-state index in [4.69, 9.17) is 9.90 Å². The van der Waals surface area contributed by atoms with Crippen LogP contribution in [0.4, 0.5) is 19.1 Å². The van der Waals surface area contributed by atoms with Crippen LogP contribution in [-0.2, 0) is 31.0 Å². The number of aryl methyl sites for hydroxylation is 1. The van der Waals surface area contributed by atoms with Crippen LogP contribution in [0.15, 0.2) is 49.2 Å². The van der Waals surface area contributed by atoms with Crippen molar-refractivity contribution in [2.75, 3.05) is 11.9 Å². The monoisotopic (exact) mass is 449 g/mol. The molecule has 0 aliphatic carbocycles. The van der Waals surface area contributed by atoms with Crippen molar-refractivity contribution in [1.82, 2.24) is 29.4 Å². The second-order valence-corrected chi connectivity index (χ2v) is 6.95. The summed E-state index contributed by atoms with van der Waals surface area (Å²) in [6, 6.07) is 7.89. The molecule has 1 aliphatic rings.